The molecule has 2 heterocycles. The van der Waals surface area contributed by atoms with Gasteiger partial charge in [0.25, 0.3) is 5.91 Å². The first-order chi connectivity index (χ1) is 14.0. The van der Waals surface area contributed by atoms with Gasteiger partial charge in [0.2, 0.25) is 5.95 Å². The Labute approximate surface area is 171 Å². The number of aromatic nitrogens is 2. The van der Waals surface area contributed by atoms with Crippen LogP contribution in [0.15, 0.2) is 60.8 Å². The zero-order valence-corrected chi connectivity index (χ0v) is 16.7. The second-order valence-corrected chi connectivity index (χ2v) is 7.44. The molecule has 148 valence electrons. The lowest BCUT2D eigenvalue weighted by molar-refractivity contribution is 0.0674. The van der Waals surface area contributed by atoms with Crippen LogP contribution in [0.25, 0.3) is 11.3 Å². The van der Waals surface area contributed by atoms with Crippen LogP contribution in [0, 0.1) is 6.92 Å². The van der Waals surface area contributed by atoms with Gasteiger partial charge in [-0.25, -0.2) is 9.97 Å². The molecule has 0 spiro atoms. The molecule has 0 radical (unpaired) electrons. The summed E-state index contributed by atoms with van der Waals surface area (Å²) in [5, 5.41) is 0. The van der Waals surface area contributed by atoms with Gasteiger partial charge in [0, 0.05) is 43.1 Å². The topological polar surface area (TPSA) is 75.3 Å². The molecule has 1 atom stereocenters. The van der Waals surface area contributed by atoms with Crippen LogP contribution in [0.4, 0.5) is 11.6 Å². The molecule has 0 aliphatic carbocycles. The van der Waals surface area contributed by atoms with Crippen molar-refractivity contribution in [1.29, 1.82) is 0 Å². The highest BCUT2D eigenvalue weighted by molar-refractivity contribution is 6.00. The lowest BCUT2D eigenvalue weighted by Gasteiger charge is -2.41. The van der Waals surface area contributed by atoms with Gasteiger partial charge in [-0.1, -0.05) is 48.5 Å². The van der Waals surface area contributed by atoms with Crippen LogP contribution in [0.3, 0.4) is 0 Å². The molecular formula is C23H25N5O. The van der Waals surface area contributed by atoms with Crippen LogP contribution < -0.4 is 10.6 Å². The van der Waals surface area contributed by atoms with Gasteiger partial charge in [-0.15, -0.1) is 0 Å². The van der Waals surface area contributed by atoms with Crippen molar-refractivity contribution in [3.8, 4) is 11.3 Å². The quantitative estimate of drug-likeness (QED) is 0.746. The van der Waals surface area contributed by atoms with Crippen LogP contribution in [0.1, 0.15) is 22.8 Å². The maximum absolute atomic E-state index is 13.4. The number of carbonyl (C=O) groups is 1. The maximum Gasteiger partial charge on any atom is 0.258 e. The molecule has 29 heavy (non-hydrogen) atoms. The van der Waals surface area contributed by atoms with E-state index in [2.05, 4.69) is 46.9 Å². The van der Waals surface area contributed by atoms with E-state index in [1.807, 2.05) is 41.3 Å². The SMILES string of the molecule is Cc1ccccc1N1CCN(C(=O)c2cnc(N)nc2-c2ccccc2)[C@H](C)C1. The minimum atomic E-state index is -0.0548. The fourth-order valence-electron chi connectivity index (χ4n) is 3.92. The standard InChI is InChI=1S/C23H25N5O/c1-16-8-6-7-11-20(16)27-12-13-28(17(2)15-27)22(29)19-14-25-23(24)26-21(19)18-9-4-3-5-10-18/h3-11,14,17H,12-13,15H2,1-2H3,(H2,24,25,26)/t17-/m1/s1. The number of anilines is 2. The highest BCUT2D eigenvalue weighted by Gasteiger charge is 2.30. The van der Waals surface area contributed by atoms with E-state index in [4.69, 9.17) is 5.73 Å². The zero-order valence-electron chi connectivity index (χ0n) is 16.7. The smallest absolute Gasteiger partial charge is 0.258 e. The van der Waals surface area contributed by atoms with E-state index >= 15 is 0 Å². The van der Waals surface area contributed by atoms with E-state index in [1.54, 1.807) is 6.20 Å². The van der Waals surface area contributed by atoms with Gasteiger partial charge in [0.05, 0.1) is 11.3 Å². The molecule has 6 heteroatoms. The van der Waals surface area contributed by atoms with E-state index < -0.39 is 0 Å². The monoisotopic (exact) mass is 387 g/mol. The number of hydrogen-bond acceptors (Lipinski definition) is 5. The normalized spacial score (nSPS) is 16.7. The van der Waals surface area contributed by atoms with Gasteiger partial charge in [0.1, 0.15) is 0 Å². The molecule has 1 aromatic heterocycles. The number of nitrogen functional groups attached to an aromatic ring is 1. The van der Waals surface area contributed by atoms with E-state index in [0.29, 0.717) is 17.8 Å². The number of rotatable bonds is 3. The number of para-hydroxylation sites is 1. The van der Waals surface area contributed by atoms with Crippen molar-refractivity contribution in [2.24, 2.45) is 0 Å². The van der Waals surface area contributed by atoms with Crippen molar-refractivity contribution < 1.29 is 4.79 Å². The van der Waals surface area contributed by atoms with Gasteiger partial charge in [-0.2, -0.15) is 0 Å². The third kappa shape index (κ3) is 3.78. The Morgan fingerprint density at radius 1 is 1.07 bits per heavy atom. The highest BCUT2D eigenvalue weighted by Crippen LogP contribution is 2.26. The summed E-state index contributed by atoms with van der Waals surface area (Å²) < 4.78 is 0. The summed E-state index contributed by atoms with van der Waals surface area (Å²) in [5.74, 6) is 0.110. The number of aryl methyl sites for hydroxylation is 1. The van der Waals surface area contributed by atoms with Crippen LogP contribution in [0.2, 0.25) is 0 Å². The molecule has 1 fully saturated rings. The van der Waals surface area contributed by atoms with Crippen molar-refractivity contribution in [2.75, 3.05) is 30.3 Å². The minimum absolute atomic E-state index is 0.0548. The Kier molecular flexibility index (Phi) is 5.16. The van der Waals surface area contributed by atoms with Crippen molar-refractivity contribution in [1.82, 2.24) is 14.9 Å². The van der Waals surface area contributed by atoms with Gasteiger partial charge in [-0.3, -0.25) is 4.79 Å². The van der Waals surface area contributed by atoms with Crippen LogP contribution in [-0.4, -0.2) is 46.5 Å². The summed E-state index contributed by atoms with van der Waals surface area (Å²) in [5.41, 5.74) is 10.2. The van der Waals surface area contributed by atoms with Crippen LogP contribution >= 0.6 is 0 Å². The third-order valence-electron chi connectivity index (χ3n) is 5.43. The largest absolute Gasteiger partial charge is 0.368 e. The zero-order chi connectivity index (χ0) is 20.4. The molecular weight excluding hydrogens is 362 g/mol. The first-order valence-corrected chi connectivity index (χ1v) is 9.84. The summed E-state index contributed by atoms with van der Waals surface area (Å²) >= 11 is 0. The lowest BCUT2D eigenvalue weighted by atomic mass is 10.0. The highest BCUT2D eigenvalue weighted by atomic mass is 16.2. The maximum atomic E-state index is 13.4. The minimum Gasteiger partial charge on any atom is -0.368 e. The number of hydrogen-bond donors (Lipinski definition) is 1. The van der Waals surface area contributed by atoms with Gasteiger partial charge in [-0.05, 0) is 25.5 Å². The molecule has 0 bridgehead atoms. The van der Waals surface area contributed by atoms with E-state index in [-0.39, 0.29) is 17.9 Å². The molecule has 6 nitrogen and oxygen atoms in total. The van der Waals surface area contributed by atoms with Gasteiger partial charge >= 0.3 is 0 Å². The Morgan fingerprint density at radius 3 is 2.52 bits per heavy atom. The summed E-state index contributed by atoms with van der Waals surface area (Å²) in [6, 6.07) is 18.1. The molecule has 2 aromatic carbocycles. The molecule has 1 aliphatic rings. The molecule has 1 aliphatic heterocycles. The van der Waals surface area contributed by atoms with Crippen molar-refractivity contribution in [3.05, 3.63) is 71.9 Å². The number of piperazine rings is 1. The summed E-state index contributed by atoms with van der Waals surface area (Å²) in [6.07, 6.45) is 1.55. The Bertz CT molecular complexity index is 1020. The Morgan fingerprint density at radius 2 is 1.79 bits per heavy atom. The predicted octanol–water partition coefficient (Wildman–Crippen LogP) is 3.39. The predicted molar refractivity (Wildman–Crippen MR) is 116 cm³/mol. The molecule has 0 saturated carbocycles. The fourth-order valence-corrected chi connectivity index (χ4v) is 3.92. The van der Waals surface area contributed by atoms with Crippen LogP contribution in [-0.2, 0) is 0 Å². The average molecular weight is 387 g/mol. The molecule has 3 aromatic rings. The van der Waals surface area contributed by atoms with Crippen molar-refractivity contribution in [2.45, 2.75) is 19.9 Å². The Hall–Kier alpha value is -3.41. The molecule has 2 N–H and O–H groups in total. The summed E-state index contributed by atoms with van der Waals surface area (Å²) in [6.45, 7) is 6.43. The summed E-state index contributed by atoms with van der Waals surface area (Å²) in [4.78, 5) is 26.1. The van der Waals surface area contributed by atoms with Crippen molar-refractivity contribution >= 4 is 17.5 Å². The van der Waals surface area contributed by atoms with E-state index in [1.165, 1.54) is 11.3 Å². The first kappa shape index (κ1) is 18.9. The molecule has 1 saturated heterocycles. The molecule has 0 unspecified atom stereocenters. The number of carbonyl (C=O) groups excluding carboxylic acids is 1. The Balaban J connectivity index is 1.59. The first-order valence-electron chi connectivity index (χ1n) is 9.84. The second-order valence-electron chi connectivity index (χ2n) is 7.44. The van der Waals surface area contributed by atoms with E-state index in [0.717, 1.165) is 18.7 Å². The number of nitrogens with zero attached hydrogens (tertiary/aromatic N) is 4. The lowest BCUT2D eigenvalue weighted by Crippen LogP contribution is -2.54. The third-order valence-corrected chi connectivity index (χ3v) is 5.43. The second kappa shape index (κ2) is 7.91. The molecule has 4 rings (SSSR count). The number of nitrogens with two attached hydrogens (primary N) is 1. The molecule has 1 amide bonds. The van der Waals surface area contributed by atoms with E-state index in [9.17, 15) is 4.79 Å². The number of amides is 1. The van der Waals surface area contributed by atoms with Crippen molar-refractivity contribution in [3.63, 3.8) is 0 Å². The van der Waals surface area contributed by atoms with Gasteiger partial charge in [0.15, 0.2) is 0 Å². The van der Waals surface area contributed by atoms with Gasteiger partial charge < -0.3 is 15.5 Å². The fraction of sp³-hybridized carbons (Fsp3) is 0.261. The average Bonchev–Trinajstić information content (AvgIpc) is 2.74. The van der Waals surface area contributed by atoms with Crippen LogP contribution in [0.5, 0.6) is 0 Å². The summed E-state index contributed by atoms with van der Waals surface area (Å²) in [7, 11) is 0. The number of benzene rings is 2.